The Labute approximate surface area is 178 Å². The van der Waals surface area contributed by atoms with Gasteiger partial charge in [-0.1, -0.05) is 6.92 Å². The van der Waals surface area contributed by atoms with Crippen LogP contribution in [0.5, 0.6) is 5.75 Å². The molecule has 1 aliphatic heterocycles. The smallest absolute Gasteiger partial charge is 0.338 e. The normalized spacial score (nSPS) is 18.1. The SMILES string of the molecule is Cc1ccc(N2CCC(C(C)COc3ccc(C(=O)OCC4CC4)cc3)CC2)nn1. The zero-order chi connectivity index (χ0) is 20.9. The maximum atomic E-state index is 12.0. The zero-order valence-electron chi connectivity index (χ0n) is 17.9. The zero-order valence-corrected chi connectivity index (χ0v) is 17.9. The Morgan fingerprint density at radius 3 is 2.43 bits per heavy atom. The summed E-state index contributed by atoms with van der Waals surface area (Å²) in [4.78, 5) is 14.3. The monoisotopic (exact) mass is 409 g/mol. The van der Waals surface area contributed by atoms with Gasteiger partial charge in [0.2, 0.25) is 0 Å². The van der Waals surface area contributed by atoms with Gasteiger partial charge in [-0.05, 0) is 86.8 Å². The Morgan fingerprint density at radius 2 is 1.80 bits per heavy atom. The van der Waals surface area contributed by atoms with E-state index in [0.717, 1.165) is 43.2 Å². The van der Waals surface area contributed by atoms with Crippen molar-refractivity contribution in [1.29, 1.82) is 0 Å². The van der Waals surface area contributed by atoms with Crippen LogP contribution in [0.3, 0.4) is 0 Å². The standard InChI is InChI=1S/C24H31N3O3/c1-17(20-11-13-27(14-12-20)23-10-3-18(2)25-26-23)15-29-22-8-6-21(7-9-22)24(28)30-16-19-4-5-19/h3,6-10,17,19-20H,4-5,11-16H2,1-2H3. The lowest BCUT2D eigenvalue weighted by Crippen LogP contribution is -2.37. The van der Waals surface area contributed by atoms with E-state index in [4.69, 9.17) is 9.47 Å². The van der Waals surface area contributed by atoms with Gasteiger partial charge in [0.25, 0.3) is 0 Å². The van der Waals surface area contributed by atoms with Gasteiger partial charge in [0, 0.05) is 13.1 Å². The number of rotatable bonds is 8. The van der Waals surface area contributed by atoms with Crippen molar-refractivity contribution >= 4 is 11.8 Å². The number of carbonyl (C=O) groups is 1. The first-order chi connectivity index (χ1) is 14.6. The number of nitrogens with zero attached hydrogens (tertiary/aromatic N) is 3. The molecule has 6 nitrogen and oxygen atoms in total. The number of hydrogen-bond donors (Lipinski definition) is 0. The summed E-state index contributed by atoms with van der Waals surface area (Å²) < 4.78 is 11.3. The van der Waals surface area contributed by atoms with Gasteiger partial charge >= 0.3 is 5.97 Å². The highest BCUT2D eigenvalue weighted by Crippen LogP contribution is 2.29. The van der Waals surface area contributed by atoms with Crippen LogP contribution in [0.4, 0.5) is 5.82 Å². The summed E-state index contributed by atoms with van der Waals surface area (Å²) in [6, 6.07) is 11.4. The summed E-state index contributed by atoms with van der Waals surface area (Å²) in [6.07, 6.45) is 4.62. The van der Waals surface area contributed by atoms with E-state index in [-0.39, 0.29) is 5.97 Å². The third kappa shape index (κ3) is 5.49. The van der Waals surface area contributed by atoms with E-state index < -0.39 is 0 Å². The molecule has 0 amide bonds. The van der Waals surface area contributed by atoms with Crippen molar-refractivity contribution in [3.05, 3.63) is 47.7 Å². The molecule has 2 aromatic rings. The van der Waals surface area contributed by atoms with Crippen molar-refractivity contribution in [3.63, 3.8) is 0 Å². The number of piperidine rings is 1. The molecule has 6 heteroatoms. The van der Waals surface area contributed by atoms with E-state index >= 15 is 0 Å². The van der Waals surface area contributed by atoms with Gasteiger partial charge in [-0.25, -0.2) is 4.79 Å². The van der Waals surface area contributed by atoms with Gasteiger partial charge < -0.3 is 14.4 Å². The van der Waals surface area contributed by atoms with E-state index in [1.54, 1.807) is 12.1 Å². The third-order valence-electron chi connectivity index (χ3n) is 6.20. The molecule has 0 radical (unpaired) electrons. The van der Waals surface area contributed by atoms with Crippen LogP contribution in [-0.4, -0.2) is 42.5 Å². The summed E-state index contributed by atoms with van der Waals surface area (Å²) in [5, 5.41) is 8.48. The molecular formula is C24H31N3O3. The van der Waals surface area contributed by atoms with Gasteiger partial charge in [0.15, 0.2) is 5.82 Å². The van der Waals surface area contributed by atoms with E-state index in [0.29, 0.717) is 36.5 Å². The van der Waals surface area contributed by atoms with Crippen LogP contribution in [0, 0.1) is 24.7 Å². The number of ether oxygens (including phenoxy) is 2. The molecule has 1 unspecified atom stereocenters. The maximum Gasteiger partial charge on any atom is 0.338 e. The van der Waals surface area contributed by atoms with Crippen LogP contribution in [0.25, 0.3) is 0 Å². The summed E-state index contributed by atoms with van der Waals surface area (Å²) in [5.41, 5.74) is 1.53. The molecule has 2 fully saturated rings. The Bertz CT molecular complexity index is 826. The fourth-order valence-corrected chi connectivity index (χ4v) is 3.87. The van der Waals surface area contributed by atoms with Crippen molar-refractivity contribution in [2.75, 3.05) is 31.2 Å². The molecule has 4 rings (SSSR count). The van der Waals surface area contributed by atoms with Crippen LogP contribution in [0.1, 0.15) is 48.7 Å². The number of carbonyl (C=O) groups excluding carboxylic acids is 1. The first kappa shape index (κ1) is 20.6. The van der Waals surface area contributed by atoms with Crippen LogP contribution in [-0.2, 0) is 4.74 Å². The van der Waals surface area contributed by atoms with Gasteiger partial charge in [-0.3, -0.25) is 0 Å². The predicted octanol–water partition coefficient (Wildman–Crippen LogP) is 4.28. The van der Waals surface area contributed by atoms with Crippen molar-refractivity contribution < 1.29 is 14.3 Å². The lowest BCUT2D eigenvalue weighted by Gasteiger charge is -2.35. The Hall–Kier alpha value is -2.63. The summed E-state index contributed by atoms with van der Waals surface area (Å²) in [5.74, 6) is 3.21. The molecule has 0 spiro atoms. The molecule has 160 valence electrons. The second-order valence-electron chi connectivity index (χ2n) is 8.71. The molecule has 1 atom stereocenters. The van der Waals surface area contributed by atoms with Gasteiger partial charge in [-0.15, -0.1) is 5.10 Å². The molecule has 1 aromatic carbocycles. The summed E-state index contributed by atoms with van der Waals surface area (Å²) in [7, 11) is 0. The van der Waals surface area contributed by atoms with E-state index in [1.165, 1.54) is 12.8 Å². The van der Waals surface area contributed by atoms with E-state index in [9.17, 15) is 4.79 Å². The Morgan fingerprint density at radius 1 is 1.07 bits per heavy atom. The summed E-state index contributed by atoms with van der Waals surface area (Å²) in [6.45, 7) is 7.45. The van der Waals surface area contributed by atoms with Crippen LogP contribution >= 0.6 is 0 Å². The molecule has 1 saturated carbocycles. The number of benzene rings is 1. The molecule has 1 saturated heterocycles. The molecular weight excluding hydrogens is 378 g/mol. The Kier molecular flexibility index (Phi) is 6.50. The number of anilines is 1. The van der Waals surface area contributed by atoms with E-state index in [1.807, 2.05) is 25.1 Å². The van der Waals surface area contributed by atoms with Gasteiger partial charge in [0.1, 0.15) is 5.75 Å². The van der Waals surface area contributed by atoms with Crippen LogP contribution in [0.2, 0.25) is 0 Å². The van der Waals surface area contributed by atoms with Crippen molar-refractivity contribution in [2.24, 2.45) is 17.8 Å². The average Bonchev–Trinajstić information content (AvgIpc) is 3.61. The minimum Gasteiger partial charge on any atom is -0.493 e. The fraction of sp³-hybridized carbons (Fsp3) is 0.542. The van der Waals surface area contributed by atoms with E-state index in [2.05, 4.69) is 28.1 Å². The second kappa shape index (κ2) is 9.45. The molecule has 0 bridgehead atoms. The largest absolute Gasteiger partial charge is 0.493 e. The lowest BCUT2D eigenvalue weighted by molar-refractivity contribution is 0.0486. The number of esters is 1. The first-order valence-electron chi connectivity index (χ1n) is 11.0. The van der Waals surface area contributed by atoms with Crippen molar-refractivity contribution in [3.8, 4) is 5.75 Å². The minimum absolute atomic E-state index is 0.244. The van der Waals surface area contributed by atoms with Crippen LogP contribution in [0.15, 0.2) is 36.4 Å². The molecule has 1 aromatic heterocycles. The number of hydrogen-bond acceptors (Lipinski definition) is 6. The first-order valence-corrected chi connectivity index (χ1v) is 11.0. The quantitative estimate of drug-likeness (QED) is 0.606. The van der Waals surface area contributed by atoms with Crippen molar-refractivity contribution in [1.82, 2.24) is 10.2 Å². The number of aromatic nitrogens is 2. The minimum atomic E-state index is -0.244. The van der Waals surface area contributed by atoms with Gasteiger partial charge in [0.05, 0.1) is 24.5 Å². The molecule has 30 heavy (non-hydrogen) atoms. The molecule has 2 aliphatic rings. The Balaban J connectivity index is 1.20. The maximum absolute atomic E-state index is 12.0. The molecule has 0 N–H and O–H groups in total. The molecule has 2 heterocycles. The highest BCUT2D eigenvalue weighted by molar-refractivity contribution is 5.89. The topological polar surface area (TPSA) is 64.5 Å². The molecule has 1 aliphatic carbocycles. The average molecular weight is 410 g/mol. The highest BCUT2D eigenvalue weighted by atomic mass is 16.5. The highest BCUT2D eigenvalue weighted by Gasteiger charge is 2.25. The fourth-order valence-electron chi connectivity index (χ4n) is 3.87. The summed E-state index contributed by atoms with van der Waals surface area (Å²) >= 11 is 0. The van der Waals surface area contributed by atoms with Gasteiger partial charge in [-0.2, -0.15) is 5.10 Å². The predicted molar refractivity (Wildman–Crippen MR) is 116 cm³/mol. The second-order valence-corrected chi connectivity index (χ2v) is 8.71. The third-order valence-corrected chi connectivity index (χ3v) is 6.20. The number of aryl methyl sites for hydroxylation is 1. The lowest BCUT2D eigenvalue weighted by atomic mass is 9.86. The van der Waals surface area contributed by atoms with Crippen molar-refractivity contribution in [2.45, 2.75) is 39.5 Å². The van der Waals surface area contributed by atoms with Crippen LogP contribution < -0.4 is 9.64 Å².